The van der Waals surface area contributed by atoms with Crippen LogP contribution < -0.4 is 0 Å². The number of nitrogens with zero attached hydrogens (tertiary/aromatic N) is 2. The number of fused-ring (bicyclic) bond motifs is 3. The lowest BCUT2D eigenvalue weighted by Crippen LogP contribution is -2.38. The second-order valence-corrected chi connectivity index (χ2v) is 8.53. The summed E-state index contributed by atoms with van der Waals surface area (Å²) >= 11 is 0. The number of aromatic nitrogens is 1. The third-order valence-electron chi connectivity index (χ3n) is 4.71. The molecule has 1 aliphatic rings. The average molecular weight is 372 g/mol. The quantitative estimate of drug-likeness (QED) is 0.695. The van der Waals surface area contributed by atoms with Gasteiger partial charge in [0.25, 0.3) is 5.91 Å². The van der Waals surface area contributed by atoms with Crippen molar-refractivity contribution < 1.29 is 17.6 Å². The molecule has 1 aliphatic heterocycles. The summed E-state index contributed by atoms with van der Waals surface area (Å²) in [6.07, 6.45) is 1.14. The summed E-state index contributed by atoms with van der Waals surface area (Å²) in [5, 5.41) is 0.826. The van der Waals surface area contributed by atoms with Crippen LogP contribution in [0.2, 0.25) is 0 Å². The van der Waals surface area contributed by atoms with E-state index in [4.69, 9.17) is 0 Å². The molecular weight excluding hydrogens is 355 g/mol. The van der Waals surface area contributed by atoms with E-state index < -0.39 is 9.84 Å². The van der Waals surface area contributed by atoms with Gasteiger partial charge < -0.3 is 9.47 Å². The van der Waals surface area contributed by atoms with Crippen LogP contribution in [0.3, 0.4) is 0 Å². The lowest BCUT2D eigenvalue weighted by molar-refractivity contribution is 0.0712. The minimum atomic E-state index is -3.29. The molecule has 2 heterocycles. The molecule has 3 aromatic rings. The number of carbonyl (C=O) groups excluding carboxylic acids is 1. The average Bonchev–Trinajstić information content (AvgIpc) is 2.96. The fourth-order valence-electron chi connectivity index (χ4n) is 3.39. The van der Waals surface area contributed by atoms with Crippen LogP contribution in [0.25, 0.3) is 10.9 Å². The van der Waals surface area contributed by atoms with Gasteiger partial charge >= 0.3 is 0 Å². The molecule has 0 radical (unpaired) electrons. The van der Waals surface area contributed by atoms with Gasteiger partial charge in [-0.1, -0.05) is 0 Å². The van der Waals surface area contributed by atoms with Crippen molar-refractivity contribution in [2.24, 2.45) is 0 Å². The highest BCUT2D eigenvalue weighted by atomic mass is 32.2. The van der Waals surface area contributed by atoms with E-state index in [0.29, 0.717) is 25.2 Å². The Morgan fingerprint density at radius 3 is 2.46 bits per heavy atom. The standard InChI is InChI=1S/C19H17FN2O3S/c1-26(24,25)17-5-2-13(3-6-17)19(23)21-8-9-22-16(12-21)11-14-10-15(20)4-7-18(14)22/h2-7,10-11H,8-9,12H2,1H3. The Hall–Kier alpha value is -2.67. The number of hydrogen-bond acceptors (Lipinski definition) is 3. The molecule has 0 atom stereocenters. The van der Waals surface area contributed by atoms with Gasteiger partial charge in [0.1, 0.15) is 5.82 Å². The van der Waals surface area contributed by atoms with Crippen molar-refractivity contribution >= 4 is 26.6 Å². The Labute approximate surface area is 150 Å². The maximum atomic E-state index is 13.4. The van der Waals surface area contributed by atoms with Gasteiger partial charge in [-0.3, -0.25) is 4.79 Å². The maximum Gasteiger partial charge on any atom is 0.254 e. The highest BCUT2D eigenvalue weighted by Gasteiger charge is 2.23. The predicted octanol–water partition coefficient (Wildman–Crippen LogP) is 2.84. The van der Waals surface area contributed by atoms with Crippen molar-refractivity contribution in [1.29, 1.82) is 0 Å². The highest BCUT2D eigenvalue weighted by molar-refractivity contribution is 7.90. The highest BCUT2D eigenvalue weighted by Crippen LogP contribution is 2.25. The molecule has 5 nitrogen and oxygen atoms in total. The molecule has 0 bridgehead atoms. The van der Waals surface area contributed by atoms with Crippen LogP contribution in [-0.2, 0) is 22.9 Å². The van der Waals surface area contributed by atoms with Gasteiger partial charge in [-0.15, -0.1) is 0 Å². The molecular formula is C19H17FN2O3S. The molecule has 1 aromatic heterocycles. The van der Waals surface area contributed by atoms with E-state index in [1.165, 1.54) is 36.4 Å². The van der Waals surface area contributed by atoms with Crippen molar-refractivity contribution in [2.45, 2.75) is 18.0 Å². The Morgan fingerprint density at radius 1 is 1.04 bits per heavy atom. The van der Waals surface area contributed by atoms with E-state index >= 15 is 0 Å². The molecule has 0 unspecified atom stereocenters. The number of benzene rings is 2. The van der Waals surface area contributed by atoms with Crippen LogP contribution in [0.15, 0.2) is 53.4 Å². The minimum absolute atomic E-state index is 0.146. The molecule has 134 valence electrons. The fourth-order valence-corrected chi connectivity index (χ4v) is 4.02. The van der Waals surface area contributed by atoms with Gasteiger partial charge in [0.05, 0.1) is 11.4 Å². The van der Waals surface area contributed by atoms with Crippen LogP contribution in [0.1, 0.15) is 16.1 Å². The van der Waals surface area contributed by atoms with Gasteiger partial charge in [-0.25, -0.2) is 12.8 Å². The first-order valence-corrected chi connectivity index (χ1v) is 10.1. The van der Waals surface area contributed by atoms with E-state index in [9.17, 15) is 17.6 Å². The summed E-state index contributed by atoms with van der Waals surface area (Å²) in [6.45, 7) is 1.61. The lowest BCUT2D eigenvalue weighted by atomic mass is 10.2. The summed E-state index contributed by atoms with van der Waals surface area (Å²) in [5.41, 5.74) is 2.37. The first-order valence-electron chi connectivity index (χ1n) is 8.20. The minimum Gasteiger partial charge on any atom is -0.341 e. The molecule has 2 aromatic carbocycles. The van der Waals surface area contributed by atoms with Crippen LogP contribution >= 0.6 is 0 Å². The van der Waals surface area contributed by atoms with Crippen molar-refractivity contribution in [3.05, 3.63) is 65.6 Å². The van der Waals surface area contributed by atoms with Gasteiger partial charge in [-0.05, 0) is 48.5 Å². The molecule has 0 spiro atoms. The van der Waals surface area contributed by atoms with Gasteiger partial charge in [0.15, 0.2) is 9.84 Å². The molecule has 26 heavy (non-hydrogen) atoms. The van der Waals surface area contributed by atoms with E-state index in [2.05, 4.69) is 4.57 Å². The number of rotatable bonds is 2. The monoisotopic (exact) mass is 372 g/mol. The smallest absolute Gasteiger partial charge is 0.254 e. The lowest BCUT2D eigenvalue weighted by Gasteiger charge is -2.29. The zero-order valence-corrected chi connectivity index (χ0v) is 15.0. The Morgan fingerprint density at radius 2 is 1.77 bits per heavy atom. The fraction of sp³-hybridized carbons (Fsp3) is 0.211. The third-order valence-corrected chi connectivity index (χ3v) is 5.84. The van der Waals surface area contributed by atoms with E-state index in [1.807, 2.05) is 6.07 Å². The zero-order chi connectivity index (χ0) is 18.5. The molecule has 0 fully saturated rings. The van der Waals surface area contributed by atoms with Crippen molar-refractivity contribution in [1.82, 2.24) is 9.47 Å². The van der Waals surface area contributed by atoms with Crippen LogP contribution in [0, 0.1) is 5.82 Å². The first-order chi connectivity index (χ1) is 12.3. The van der Waals surface area contributed by atoms with E-state index in [-0.39, 0.29) is 16.6 Å². The number of halogens is 1. The van der Waals surface area contributed by atoms with Crippen molar-refractivity contribution in [3.8, 4) is 0 Å². The van der Waals surface area contributed by atoms with Gasteiger partial charge in [0, 0.05) is 41.5 Å². The summed E-state index contributed by atoms with van der Waals surface area (Å²) in [7, 11) is -3.29. The Balaban J connectivity index is 1.60. The SMILES string of the molecule is CS(=O)(=O)c1ccc(C(=O)N2CCn3c(cc4cc(F)ccc43)C2)cc1. The second kappa shape index (κ2) is 5.95. The molecule has 7 heteroatoms. The van der Waals surface area contributed by atoms with Crippen LogP contribution in [-0.4, -0.2) is 36.6 Å². The Kier molecular flexibility index (Phi) is 3.84. The van der Waals surface area contributed by atoms with Crippen LogP contribution in [0.4, 0.5) is 4.39 Å². The van der Waals surface area contributed by atoms with E-state index in [1.54, 1.807) is 11.0 Å². The topological polar surface area (TPSA) is 59.4 Å². The summed E-state index contributed by atoms with van der Waals surface area (Å²) in [6, 6.07) is 12.6. The number of amides is 1. The summed E-state index contributed by atoms with van der Waals surface area (Å²) < 4.78 is 38.6. The Bertz CT molecular complexity index is 1120. The zero-order valence-electron chi connectivity index (χ0n) is 14.1. The second-order valence-electron chi connectivity index (χ2n) is 6.51. The van der Waals surface area contributed by atoms with Crippen LogP contribution in [0.5, 0.6) is 0 Å². The largest absolute Gasteiger partial charge is 0.341 e. The predicted molar refractivity (Wildman–Crippen MR) is 96.2 cm³/mol. The van der Waals surface area contributed by atoms with Crippen molar-refractivity contribution in [3.63, 3.8) is 0 Å². The third kappa shape index (κ3) is 2.88. The van der Waals surface area contributed by atoms with E-state index in [0.717, 1.165) is 22.9 Å². The molecule has 0 saturated carbocycles. The molecule has 0 N–H and O–H groups in total. The molecule has 1 amide bonds. The number of sulfone groups is 1. The maximum absolute atomic E-state index is 13.4. The van der Waals surface area contributed by atoms with Crippen molar-refractivity contribution in [2.75, 3.05) is 12.8 Å². The first kappa shape index (κ1) is 16.8. The molecule has 0 saturated heterocycles. The van der Waals surface area contributed by atoms with Gasteiger partial charge in [-0.2, -0.15) is 0 Å². The summed E-state index contributed by atoms with van der Waals surface area (Å²) in [5.74, 6) is -0.424. The molecule has 4 rings (SSSR count). The van der Waals surface area contributed by atoms with Gasteiger partial charge in [0.2, 0.25) is 0 Å². The number of carbonyl (C=O) groups is 1. The summed E-state index contributed by atoms with van der Waals surface area (Å²) in [4.78, 5) is 14.7. The number of hydrogen-bond donors (Lipinski definition) is 0. The normalized spacial score (nSPS) is 14.5. The molecule has 0 aliphatic carbocycles.